The fourth-order valence-electron chi connectivity index (χ4n) is 3.13. The third kappa shape index (κ3) is 3.64. The largest absolute Gasteiger partial charge is 0.378 e. The molecule has 0 atom stereocenters. The molecule has 29 heavy (non-hydrogen) atoms. The monoisotopic (exact) mass is 407 g/mol. The van der Waals surface area contributed by atoms with Crippen LogP contribution < -0.4 is 16.1 Å². The second-order valence-corrected chi connectivity index (χ2v) is 7.20. The van der Waals surface area contributed by atoms with Gasteiger partial charge in [0.15, 0.2) is 5.82 Å². The lowest BCUT2D eigenvalue weighted by atomic mass is 10.2. The van der Waals surface area contributed by atoms with Crippen LogP contribution in [0.5, 0.6) is 0 Å². The summed E-state index contributed by atoms with van der Waals surface area (Å²) < 4.78 is 2.85. The van der Waals surface area contributed by atoms with Gasteiger partial charge < -0.3 is 9.47 Å². The van der Waals surface area contributed by atoms with Gasteiger partial charge in [0.2, 0.25) is 0 Å². The van der Waals surface area contributed by atoms with Crippen LogP contribution in [0.25, 0.3) is 17.1 Å². The number of fused-ring (bicyclic) bond motifs is 1. The molecule has 2 aromatic rings. The SMILES string of the molecule is CN(C)c1ccc(-n2c(=O)nc3n(Cc4ccc(Cl)nc4)cccc-3c2=O)cc1. The number of aromatic nitrogens is 4. The number of hydrogen-bond acceptors (Lipinski definition) is 5. The molecule has 7 nitrogen and oxygen atoms in total. The van der Waals surface area contributed by atoms with Gasteiger partial charge in [-0.05, 0) is 48.0 Å². The van der Waals surface area contributed by atoms with Crippen molar-refractivity contribution in [2.45, 2.75) is 6.54 Å². The molecule has 8 heteroatoms. The van der Waals surface area contributed by atoms with Crippen LogP contribution in [-0.4, -0.2) is 33.2 Å². The van der Waals surface area contributed by atoms with Crippen LogP contribution in [0.15, 0.2) is 70.5 Å². The van der Waals surface area contributed by atoms with Gasteiger partial charge in [0.05, 0.1) is 17.8 Å². The van der Waals surface area contributed by atoms with Gasteiger partial charge in [-0.15, -0.1) is 0 Å². The number of pyridine rings is 2. The van der Waals surface area contributed by atoms with Crippen LogP contribution in [0.3, 0.4) is 0 Å². The van der Waals surface area contributed by atoms with Gasteiger partial charge in [0.25, 0.3) is 5.56 Å². The molecule has 0 bridgehead atoms. The highest BCUT2D eigenvalue weighted by atomic mass is 35.5. The Hall–Kier alpha value is -3.45. The average molecular weight is 408 g/mol. The van der Waals surface area contributed by atoms with Crippen LogP contribution in [0.4, 0.5) is 5.69 Å². The highest BCUT2D eigenvalue weighted by Crippen LogP contribution is 2.18. The first-order valence-corrected chi connectivity index (χ1v) is 9.32. The van der Waals surface area contributed by atoms with E-state index in [1.54, 1.807) is 47.3 Å². The van der Waals surface area contributed by atoms with Gasteiger partial charge in [0, 0.05) is 32.2 Å². The molecule has 0 aliphatic carbocycles. The van der Waals surface area contributed by atoms with Crippen molar-refractivity contribution in [2.75, 3.05) is 19.0 Å². The Labute approximate surface area is 171 Å². The Bertz CT molecular complexity index is 1240. The molecule has 1 aromatic heterocycles. The minimum absolute atomic E-state index is 0.332. The molecule has 0 spiro atoms. The van der Waals surface area contributed by atoms with Crippen LogP contribution in [-0.2, 0) is 6.54 Å². The van der Waals surface area contributed by atoms with Crippen LogP contribution >= 0.6 is 11.6 Å². The van der Waals surface area contributed by atoms with E-state index in [9.17, 15) is 9.59 Å². The Morgan fingerprint density at radius 2 is 1.79 bits per heavy atom. The van der Waals surface area contributed by atoms with Crippen molar-refractivity contribution >= 4 is 17.3 Å². The maximum absolute atomic E-state index is 13.1. The molecule has 146 valence electrons. The normalized spacial score (nSPS) is 11.0. The molecule has 2 aliphatic rings. The van der Waals surface area contributed by atoms with Crippen molar-refractivity contribution in [1.82, 2.24) is 19.1 Å². The zero-order valence-corrected chi connectivity index (χ0v) is 16.7. The lowest BCUT2D eigenvalue weighted by Crippen LogP contribution is -2.36. The maximum Gasteiger partial charge on any atom is 0.357 e. The van der Waals surface area contributed by atoms with E-state index in [1.807, 2.05) is 37.2 Å². The predicted octanol–water partition coefficient (Wildman–Crippen LogP) is 2.66. The van der Waals surface area contributed by atoms with E-state index in [4.69, 9.17) is 11.6 Å². The van der Waals surface area contributed by atoms with Crippen molar-refractivity contribution < 1.29 is 0 Å². The minimum atomic E-state index is -0.616. The predicted molar refractivity (Wildman–Crippen MR) is 113 cm³/mol. The number of halogens is 1. The van der Waals surface area contributed by atoms with E-state index < -0.39 is 11.2 Å². The summed E-state index contributed by atoms with van der Waals surface area (Å²) in [6, 6.07) is 14.1. The van der Waals surface area contributed by atoms with Gasteiger partial charge in [-0.1, -0.05) is 17.7 Å². The third-order valence-corrected chi connectivity index (χ3v) is 4.86. The summed E-state index contributed by atoms with van der Waals surface area (Å²) in [5.41, 5.74) is 1.68. The van der Waals surface area contributed by atoms with Crippen molar-refractivity contribution in [1.29, 1.82) is 0 Å². The van der Waals surface area contributed by atoms with Crippen molar-refractivity contribution in [3.05, 3.63) is 92.5 Å². The third-order valence-electron chi connectivity index (χ3n) is 4.63. The highest BCUT2D eigenvalue weighted by molar-refractivity contribution is 6.29. The van der Waals surface area contributed by atoms with E-state index in [0.29, 0.717) is 28.8 Å². The first-order chi connectivity index (χ1) is 13.9. The minimum Gasteiger partial charge on any atom is -0.378 e. The van der Waals surface area contributed by atoms with Crippen LogP contribution in [0.2, 0.25) is 5.15 Å². The van der Waals surface area contributed by atoms with E-state index in [1.165, 1.54) is 0 Å². The number of anilines is 1. The molecule has 0 saturated carbocycles. The van der Waals surface area contributed by atoms with E-state index >= 15 is 0 Å². The van der Waals surface area contributed by atoms with Gasteiger partial charge in [-0.25, -0.2) is 14.3 Å². The van der Waals surface area contributed by atoms with Gasteiger partial charge in [-0.2, -0.15) is 4.98 Å². The molecule has 0 amide bonds. The first-order valence-electron chi connectivity index (χ1n) is 8.94. The molecule has 4 rings (SSSR count). The summed E-state index contributed by atoms with van der Waals surface area (Å²) in [7, 11) is 3.85. The number of rotatable bonds is 4. The van der Waals surface area contributed by atoms with E-state index in [-0.39, 0.29) is 0 Å². The summed E-state index contributed by atoms with van der Waals surface area (Å²) >= 11 is 5.84. The van der Waals surface area contributed by atoms with Crippen molar-refractivity contribution in [2.24, 2.45) is 0 Å². The van der Waals surface area contributed by atoms with Gasteiger partial charge >= 0.3 is 5.69 Å². The summed E-state index contributed by atoms with van der Waals surface area (Å²) in [6.45, 7) is 0.412. The second kappa shape index (κ2) is 7.52. The summed E-state index contributed by atoms with van der Waals surface area (Å²) in [4.78, 5) is 36.0. The fraction of sp³-hybridized carbons (Fsp3) is 0.143. The zero-order chi connectivity index (χ0) is 20.5. The van der Waals surface area contributed by atoms with Gasteiger partial charge in [0.1, 0.15) is 5.15 Å². The topological polar surface area (TPSA) is 73.0 Å². The summed E-state index contributed by atoms with van der Waals surface area (Å²) in [5.74, 6) is 0.332. The summed E-state index contributed by atoms with van der Waals surface area (Å²) in [5, 5.41) is 0.403. The standard InChI is InChI=1S/C21H18ClN5O2/c1-25(2)15-6-8-16(9-7-15)27-20(28)17-4-3-11-26(19(17)24-21(27)29)13-14-5-10-18(22)23-12-14/h3-12H,13H2,1-2H3. The molecule has 2 aliphatic heterocycles. The number of nitrogens with zero attached hydrogens (tertiary/aromatic N) is 5. The number of benzene rings is 1. The van der Waals surface area contributed by atoms with Gasteiger partial charge in [-0.3, -0.25) is 4.79 Å². The molecule has 0 N–H and O–H groups in total. The first kappa shape index (κ1) is 18.9. The Morgan fingerprint density at radius 1 is 1.03 bits per heavy atom. The van der Waals surface area contributed by atoms with Crippen LogP contribution in [0.1, 0.15) is 5.56 Å². The Balaban J connectivity index is 1.81. The summed E-state index contributed by atoms with van der Waals surface area (Å²) in [6.07, 6.45) is 3.43. The lowest BCUT2D eigenvalue weighted by molar-refractivity contribution is 0.750. The zero-order valence-electron chi connectivity index (χ0n) is 15.9. The number of hydrogen-bond donors (Lipinski definition) is 0. The fourth-order valence-corrected chi connectivity index (χ4v) is 3.25. The average Bonchev–Trinajstić information content (AvgIpc) is 2.71. The molecule has 0 unspecified atom stereocenters. The molecule has 0 saturated heterocycles. The smallest absolute Gasteiger partial charge is 0.357 e. The van der Waals surface area contributed by atoms with Crippen molar-refractivity contribution in [3.8, 4) is 17.1 Å². The highest BCUT2D eigenvalue weighted by Gasteiger charge is 2.18. The van der Waals surface area contributed by atoms with E-state index in [0.717, 1.165) is 15.8 Å². The molecule has 3 heterocycles. The Morgan fingerprint density at radius 3 is 2.45 bits per heavy atom. The molecule has 0 radical (unpaired) electrons. The molecular formula is C21H18ClN5O2. The van der Waals surface area contributed by atoms with Crippen molar-refractivity contribution in [3.63, 3.8) is 0 Å². The molecule has 1 aromatic carbocycles. The second-order valence-electron chi connectivity index (χ2n) is 6.81. The van der Waals surface area contributed by atoms with E-state index in [2.05, 4.69) is 9.97 Å². The lowest BCUT2D eigenvalue weighted by Gasteiger charge is -2.16. The molecular weight excluding hydrogens is 390 g/mol. The Kier molecular flexibility index (Phi) is 4.90. The maximum atomic E-state index is 13.1. The van der Waals surface area contributed by atoms with Crippen LogP contribution in [0, 0.1) is 0 Å². The molecule has 0 fully saturated rings. The quantitative estimate of drug-likeness (QED) is 0.486.